The molecule has 1 unspecified atom stereocenters. The third-order valence-corrected chi connectivity index (χ3v) is 4.63. The molecule has 2 rings (SSSR count). The summed E-state index contributed by atoms with van der Waals surface area (Å²) in [6, 6.07) is 6.87. The van der Waals surface area contributed by atoms with E-state index in [0.29, 0.717) is 17.1 Å². The maximum absolute atomic E-state index is 12.5. The number of ketones is 1. The molecule has 0 saturated carbocycles. The Labute approximate surface area is 142 Å². The summed E-state index contributed by atoms with van der Waals surface area (Å²) in [4.78, 5) is 26.6. The van der Waals surface area contributed by atoms with Crippen molar-refractivity contribution in [1.82, 2.24) is 10.2 Å². The molecular formula is C18H23ClN2O2. The Bertz CT molecular complexity index is 563. The third-order valence-electron chi connectivity index (χ3n) is 4.38. The van der Waals surface area contributed by atoms with Crippen molar-refractivity contribution in [3.8, 4) is 0 Å². The first-order chi connectivity index (χ1) is 11.0. The molecule has 0 aliphatic carbocycles. The van der Waals surface area contributed by atoms with Crippen molar-refractivity contribution in [2.45, 2.75) is 25.8 Å². The molecular weight excluding hydrogens is 312 g/mol. The number of hydrogen-bond donors (Lipinski definition) is 1. The lowest BCUT2D eigenvalue weighted by Gasteiger charge is -2.34. The first-order valence-corrected chi connectivity index (χ1v) is 8.33. The van der Waals surface area contributed by atoms with E-state index in [9.17, 15) is 9.59 Å². The lowest BCUT2D eigenvalue weighted by atomic mass is 9.88. The Morgan fingerprint density at radius 2 is 1.96 bits per heavy atom. The highest BCUT2D eigenvalue weighted by Gasteiger charge is 2.29. The predicted molar refractivity (Wildman–Crippen MR) is 92.7 cm³/mol. The number of piperidine rings is 1. The second kappa shape index (κ2) is 8.27. The summed E-state index contributed by atoms with van der Waals surface area (Å²) in [5.41, 5.74) is 0.713. The van der Waals surface area contributed by atoms with Crippen LogP contribution in [-0.2, 0) is 4.79 Å². The van der Waals surface area contributed by atoms with Gasteiger partial charge in [0.2, 0.25) is 5.91 Å². The molecule has 5 heteroatoms. The van der Waals surface area contributed by atoms with Gasteiger partial charge < -0.3 is 5.32 Å². The van der Waals surface area contributed by atoms with Gasteiger partial charge in [0.15, 0.2) is 5.78 Å². The Morgan fingerprint density at radius 1 is 1.35 bits per heavy atom. The van der Waals surface area contributed by atoms with Crippen LogP contribution in [0.2, 0.25) is 5.02 Å². The third kappa shape index (κ3) is 4.66. The Morgan fingerprint density at radius 3 is 2.52 bits per heavy atom. The van der Waals surface area contributed by atoms with Crippen LogP contribution in [0, 0.1) is 5.92 Å². The number of nitrogens with one attached hydrogen (secondary N) is 1. The number of carbonyl (C=O) groups is 2. The van der Waals surface area contributed by atoms with Crippen LogP contribution < -0.4 is 5.32 Å². The summed E-state index contributed by atoms with van der Waals surface area (Å²) < 4.78 is 0. The number of carbonyl (C=O) groups excluding carboxylic acids is 2. The summed E-state index contributed by atoms with van der Waals surface area (Å²) in [5, 5.41) is 3.45. The van der Waals surface area contributed by atoms with E-state index in [2.05, 4.69) is 16.8 Å². The van der Waals surface area contributed by atoms with E-state index in [1.165, 1.54) is 0 Å². The highest BCUT2D eigenvalue weighted by molar-refractivity contribution is 6.30. The first kappa shape index (κ1) is 17.7. The zero-order valence-corrected chi connectivity index (χ0v) is 14.2. The lowest BCUT2D eigenvalue weighted by Crippen LogP contribution is -2.49. The number of halogens is 1. The molecule has 124 valence electrons. The fourth-order valence-electron chi connectivity index (χ4n) is 2.89. The number of likely N-dealkylation sites (tertiary alicyclic amines) is 1. The van der Waals surface area contributed by atoms with Gasteiger partial charge in [0, 0.05) is 23.0 Å². The minimum Gasteiger partial charge on any atom is -0.351 e. The summed E-state index contributed by atoms with van der Waals surface area (Å²) in [6.45, 7) is 7.49. The monoisotopic (exact) mass is 334 g/mol. The first-order valence-electron chi connectivity index (χ1n) is 7.95. The van der Waals surface area contributed by atoms with E-state index in [-0.39, 0.29) is 23.7 Å². The Balaban J connectivity index is 1.88. The molecule has 1 aromatic carbocycles. The summed E-state index contributed by atoms with van der Waals surface area (Å²) in [7, 11) is 0. The van der Waals surface area contributed by atoms with Crippen molar-refractivity contribution in [2.24, 2.45) is 5.92 Å². The van der Waals surface area contributed by atoms with Gasteiger partial charge in [-0.2, -0.15) is 0 Å². The fraction of sp³-hybridized carbons (Fsp3) is 0.444. The second-order valence-electron chi connectivity index (χ2n) is 5.89. The Kier molecular flexibility index (Phi) is 6.37. The van der Waals surface area contributed by atoms with Crippen LogP contribution in [0.25, 0.3) is 0 Å². The molecule has 4 nitrogen and oxygen atoms in total. The van der Waals surface area contributed by atoms with E-state index in [4.69, 9.17) is 11.6 Å². The highest BCUT2D eigenvalue weighted by Crippen LogP contribution is 2.23. The molecule has 23 heavy (non-hydrogen) atoms. The van der Waals surface area contributed by atoms with E-state index in [0.717, 1.165) is 25.9 Å². The van der Waals surface area contributed by atoms with Gasteiger partial charge in [-0.15, -0.1) is 6.58 Å². The van der Waals surface area contributed by atoms with Crippen LogP contribution in [0.4, 0.5) is 0 Å². The van der Waals surface area contributed by atoms with Crippen molar-refractivity contribution in [2.75, 3.05) is 19.6 Å². The van der Waals surface area contributed by atoms with Gasteiger partial charge in [-0.1, -0.05) is 17.7 Å². The smallest absolute Gasteiger partial charge is 0.237 e. The SMILES string of the molecule is C=CCNC(=O)C(C)N1CCC(C(=O)c2ccc(Cl)cc2)CC1. The maximum Gasteiger partial charge on any atom is 0.237 e. The van der Waals surface area contributed by atoms with E-state index >= 15 is 0 Å². The fourth-order valence-corrected chi connectivity index (χ4v) is 3.01. The van der Waals surface area contributed by atoms with Gasteiger partial charge in [-0.25, -0.2) is 0 Å². The van der Waals surface area contributed by atoms with Crippen LogP contribution in [0.1, 0.15) is 30.1 Å². The molecule has 1 saturated heterocycles. The standard InChI is InChI=1S/C18H23ClN2O2/c1-3-10-20-18(23)13(2)21-11-8-15(9-12-21)17(22)14-4-6-16(19)7-5-14/h3-7,13,15H,1,8-12H2,2H3,(H,20,23). The number of amides is 1. The molecule has 0 aromatic heterocycles. The molecule has 1 fully saturated rings. The summed E-state index contributed by atoms with van der Waals surface area (Å²) in [6.07, 6.45) is 3.22. The van der Waals surface area contributed by atoms with Crippen molar-refractivity contribution in [3.05, 3.63) is 47.5 Å². The van der Waals surface area contributed by atoms with Gasteiger partial charge in [0.1, 0.15) is 0 Å². The van der Waals surface area contributed by atoms with Crippen molar-refractivity contribution < 1.29 is 9.59 Å². The zero-order chi connectivity index (χ0) is 16.8. The Hall–Kier alpha value is -1.65. The molecule has 0 spiro atoms. The highest BCUT2D eigenvalue weighted by atomic mass is 35.5. The predicted octanol–water partition coefficient (Wildman–Crippen LogP) is 2.93. The summed E-state index contributed by atoms with van der Waals surface area (Å²) >= 11 is 5.86. The summed E-state index contributed by atoms with van der Waals surface area (Å²) in [5.74, 6) is 0.202. The van der Waals surface area contributed by atoms with Gasteiger partial charge in [-0.3, -0.25) is 14.5 Å². The van der Waals surface area contributed by atoms with Crippen LogP contribution in [-0.4, -0.2) is 42.3 Å². The molecule has 1 atom stereocenters. The van der Waals surface area contributed by atoms with E-state index in [1.807, 2.05) is 6.92 Å². The normalized spacial score (nSPS) is 17.5. The molecule has 1 aromatic rings. The van der Waals surface area contributed by atoms with Gasteiger partial charge in [-0.05, 0) is 57.1 Å². The van der Waals surface area contributed by atoms with Crippen LogP contribution in [0.3, 0.4) is 0 Å². The van der Waals surface area contributed by atoms with Crippen LogP contribution in [0.15, 0.2) is 36.9 Å². The van der Waals surface area contributed by atoms with Gasteiger partial charge in [0.05, 0.1) is 6.04 Å². The van der Waals surface area contributed by atoms with Crippen molar-refractivity contribution >= 4 is 23.3 Å². The van der Waals surface area contributed by atoms with Crippen LogP contribution in [0.5, 0.6) is 0 Å². The van der Waals surface area contributed by atoms with Crippen molar-refractivity contribution in [1.29, 1.82) is 0 Å². The number of nitrogens with zero attached hydrogens (tertiary/aromatic N) is 1. The largest absolute Gasteiger partial charge is 0.351 e. The van der Waals surface area contributed by atoms with E-state index in [1.54, 1.807) is 30.3 Å². The average Bonchev–Trinajstić information content (AvgIpc) is 2.59. The number of Topliss-reactive ketones (excluding diaryl/α,β-unsaturated/α-hetero) is 1. The number of benzene rings is 1. The topological polar surface area (TPSA) is 49.4 Å². The average molecular weight is 335 g/mol. The van der Waals surface area contributed by atoms with Gasteiger partial charge >= 0.3 is 0 Å². The van der Waals surface area contributed by atoms with Gasteiger partial charge in [0.25, 0.3) is 0 Å². The van der Waals surface area contributed by atoms with Crippen molar-refractivity contribution in [3.63, 3.8) is 0 Å². The maximum atomic E-state index is 12.5. The lowest BCUT2D eigenvalue weighted by molar-refractivity contribution is -0.126. The number of hydrogen-bond acceptors (Lipinski definition) is 3. The molecule has 1 aliphatic rings. The molecule has 1 aliphatic heterocycles. The minimum absolute atomic E-state index is 0.00683. The molecule has 1 heterocycles. The molecule has 1 N–H and O–H groups in total. The second-order valence-corrected chi connectivity index (χ2v) is 6.33. The van der Waals surface area contributed by atoms with E-state index < -0.39 is 0 Å². The number of rotatable bonds is 6. The molecule has 0 radical (unpaired) electrons. The minimum atomic E-state index is -0.179. The molecule has 0 bridgehead atoms. The van der Waals surface area contributed by atoms with Crippen LogP contribution >= 0.6 is 11.6 Å². The quantitative estimate of drug-likeness (QED) is 0.643. The zero-order valence-electron chi connectivity index (χ0n) is 13.4. The molecule has 1 amide bonds.